The molecule has 6 heteroatoms. The van der Waals surface area contributed by atoms with Gasteiger partial charge in [0.2, 0.25) is 0 Å². The lowest BCUT2D eigenvalue weighted by molar-refractivity contribution is 0.410. The van der Waals surface area contributed by atoms with Crippen LogP contribution in [0.15, 0.2) is 24.5 Å². The molecule has 1 saturated carbocycles. The van der Waals surface area contributed by atoms with Crippen LogP contribution in [0.25, 0.3) is 0 Å². The second kappa shape index (κ2) is 6.10. The van der Waals surface area contributed by atoms with Crippen LogP contribution < -0.4 is 9.80 Å². The minimum atomic E-state index is 0.654. The zero-order chi connectivity index (χ0) is 15.6. The van der Waals surface area contributed by atoms with Gasteiger partial charge in [-0.1, -0.05) is 6.42 Å². The molecule has 23 heavy (non-hydrogen) atoms. The summed E-state index contributed by atoms with van der Waals surface area (Å²) in [5.41, 5.74) is 2.17. The first-order valence-electron chi connectivity index (χ1n) is 8.42. The Morgan fingerprint density at radius 2 is 1.65 bits per heavy atom. The van der Waals surface area contributed by atoms with Gasteiger partial charge in [-0.05, 0) is 31.9 Å². The minimum absolute atomic E-state index is 0.654. The van der Waals surface area contributed by atoms with Gasteiger partial charge in [0.15, 0.2) is 5.82 Å². The number of aryl methyl sites for hydroxylation is 1. The topological polar surface area (TPSA) is 58.0 Å². The molecule has 0 amide bonds. The van der Waals surface area contributed by atoms with Crippen molar-refractivity contribution in [1.29, 1.82) is 0 Å². The molecule has 2 aliphatic rings. The second-order valence-electron chi connectivity index (χ2n) is 6.44. The Balaban J connectivity index is 1.42. The third-order valence-corrected chi connectivity index (χ3v) is 4.91. The Morgan fingerprint density at radius 3 is 2.26 bits per heavy atom. The molecule has 0 atom stereocenters. The Morgan fingerprint density at radius 1 is 0.913 bits per heavy atom. The summed E-state index contributed by atoms with van der Waals surface area (Å²) in [4.78, 5) is 13.6. The highest BCUT2D eigenvalue weighted by molar-refractivity contribution is 5.45. The molecule has 3 heterocycles. The molecule has 2 fully saturated rings. The van der Waals surface area contributed by atoms with Crippen molar-refractivity contribution in [3.8, 4) is 0 Å². The average molecular weight is 310 g/mol. The number of nitrogens with zero attached hydrogens (tertiary/aromatic N) is 6. The Labute approximate surface area is 136 Å². The smallest absolute Gasteiger partial charge is 0.151 e. The van der Waals surface area contributed by atoms with Gasteiger partial charge in [0.05, 0.1) is 5.69 Å². The molecule has 2 aromatic rings. The number of anilines is 2. The first-order chi connectivity index (χ1) is 11.3. The maximum absolute atomic E-state index is 4.48. The van der Waals surface area contributed by atoms with Crippen molar-refractivity contribution in [2.45, 2.75) is 32.1 Å². The summed E-state index contributed by atoms with van der Waals surface area (Å²) in [6.07, 6.45) is 5.60. The molecule has 0 unspecified atom stereocenters. The normalized spacial score (nSPS) is 18.8. The summed E-state index contributed by atoms with van der Waals surface area (Å²) in [5, 5.41) is 8.44. The van der Waals surface area contributed by atoms with Crippen LogP contribution in [0.2, 0.25) is 0 Å². The van der Waals surface area contributed by atoms with E-state index in [0.29, 0.717) is 5.92 Å². The fraction of sp³-hybridized carbons (Fsp3) is 0.529. The summed E-state index contributed by atoms with van der Waals surface area (Å²) in [5.74, 6) is 2.69. The van der Waals surface area contributed by atoms with Crippen molar-refractivity contribution in [2.75, 3.05) is 36.0 Å². The third kappa shape index (κ3) is 2.98. The maximum atomic E-state index is 4.48. The van der Waals surface area contributed by atoms with Gasteiger partial charge < -0.3 is 9.80 Å². The molecule has 0 aromatic carbocycles. The van der Waals surface area contributed by atoms with E-state index in [4.69, 9.17) is 0 Å². The molecule has 4 rings (SSSR count). The predicted molar refractivity (Wildman–Crippen MR) is 89.8 cm³/mol. The van der Waals surface area contributed by atoms with Crippen LogP contribution in [0, 0.1) is 6.92 Å². The number of rotatable bonds is 3. The van der Waals surface area contributed by atoms with Crippen LogP contribution in [0.5, 0.6) is 0 Å². The van der Waals surface area contributed by atoms with Crippen LogP contribution in [0.4, 0.5) is 11.6 Å². The van der Waals surface area contributed by atoms with E-state index >= 15 is 0 Å². The van der Waals surface area contributed by atoms with Crippen LogP contribution in [0.1, 0.15) is 36.6 Å². The summed E-state index contributed by atoms with van der Waals surface area (Å²) >= 11 is 0. The lowest BCUT2D eigenvalue weighted by Gasteiger charge is -2.36. The number of aromatic nitrogens is 4. The fourth-order valence-corrected chi connectivity index (χ4v) is 3.19. The highest BCUT2D eigenvalue weighted by atomic mass is 15.3. The second-order valence-corrected chi connectivity index (χ2v) is 6.44. The van der Waals surface area contributed by atoms with E-state index in [0.717, 1.165) is 43.5 Å². The Bertz CT molecular complexity index is 659. The molecule has 0 N–H and O–H groups in total. The van der Waals surface area contributed by atoms with Gasteiger partial charge in [-0.2, -0.15) is 5.10 Å². The Hall–Kier alpha value is -2.24. The van der Waals surface area contributed by atoms with Gasteiger partial charge in [-0.3, -0.25) is 0 Å². The highest BCUT2D eigenvalue weighted by Gasteiger charge is 2.23. The monoisotopic (exact) mass is 310 g/mol. The third-order valence-electron chi connectivity index (χ3n) is 4.91. The van der Waals surface area contributed by atoms with Gasteiger partial charge in [0.25, 0.3) is 0 Å². The van der Waals surface area contributed by atoms with Gasteiger partial charge >= 0.3 is 0 Å². The van der Waals surface area contributed by atoms with Gasteiger partial charge in [0, 0.05) is 43.9 Å². The SMILES string of the molecule is Cc1ccc(N2CCN(c3cc(C4CCC4)ncn3)CC2)nn1. The number of hydrogen-bond acceptors (Lipinski definition) is 6. The van der Waals surface area contributed by atoms with Gasteiger partial charge in [-0.25, -0.2) is 9.97 Å². The lowest BCUT2D eigenvalue weighted by atomic mass is 9.83. The summed E-state index contributed by atoms with van der Waals surface area (Å²) in [6, 6.07) is 6.26. The van der Waals surface area contributed by atoms with Crippen molar-refractivity contribution in [3.05, 3.63) is 35.9 Å². The quantitative estimate of drug-likeness (QED) is 0.866. The van der Waals surface area contributed by atoms with E-state index in [-0.39, 0.29) is 0 Å². The molecule has 2 aromatic heterocycles. The Kier molecular flexibility index (Phi) is 3.81. The van der Waals surface area contributed by atoms with E-state index in [1.807, 2.05) is 13.0 Å². The number of piperazine rings is 1. The van der Waals surface area contributed by atoms with Crippen LogP contribution in [-0.4, -0.2) is 46.3 Å². The molecule has 0 bridgehead atoms. The largest absolute Gasteiger partial charge is 0.353 e. The fourth-order valence-electron chi connectivity index (χ4n) is 3.19. The van der Waals surface area contributed by atoms with Crippen molar-refractivity contribution in [1.82, 2.24) is 20.2 Å². The first kappa shape index (κ1) is 14.4. The molecule has 120 valence electrons. The molecule has 0 radical (unpaired) electrons. The van der Waals surface area contributed by atoms with Crippen LogP contribution >= 0.6 is 0 Å². The van der Waals surface area contributed by atoms with E-state index in [9.17, 15) is 0 Å². The molecular weight excluding hydrogens is 288 g/mol. The maximum Gasteiger partial charge on any atom is 0.151 e. The van der Waals surface area contributed by atoms with E-state index < -0.39 is 0 Å². The van der Waals surface area contributed by atoms with Gasteiger partial charge in [-0.15, -0.1) is 5.10 Å². The first-order valence-corrected chi connectivity index (χ1v) is 8.42. The predicted octanol–water partition coefficient (Wildman–Crippen LogP) is 2.17. The molecule has 0 spiro atoms. The van der Waals surface area contributed by atoms with Crippen molar-refractivity contribution in [2.24, 2.45) is 0 Å². The molecule has 6 nitrogen and oxygen atoms in total. The molecule has 1 saturated heterocycles. The summed E-state index contributed by atoms with van der Waals surface area (Å²) in [6.45, 7) is 5.76. The van der Waals surface area contributed by atoms with Crippen LogP contribution in [0.3, 0.4) is 0 Å². The zero-order valence-corrected chi connectivity index (χ0v) is 13.5. The van der Waals surface area contributed by atoms with E-state index in [2.05, 4.69) is 42.1 Å². The summed E-state index contributed by atoms with van der Waals surface area (Å²) < 4.78 is 0. The van der Waals surface area contributed by atoms with E-state index in [1.54, 1.807) is 6.33 Å². The van der Waals surface area contributed by atoms with Gasteiger partial charge in [0.1, 0.15) is 12.1 Å². The van der Waals surface area contributed by atoms with Crippen molar-refractivity contribution >= 4 is 11.6 Å². The minimum Gasteiger partial charge on any atom is -0.353 e. The van der Waals surface area contributed by atoms with E-state index in [1.165, 1.54) is 25.0 Å². The summed E-state index contributed by atoms with van der Waals surface area (Å²) in [7, 11) is 0. The zero-order valence-electron chi connectivity index (χ0n) is 13.5. The van der Waals surface area contributed by atoms with Crippen LogP contribution in [-0.2, 0) is 0 Å². The number of hydrogen-bond donors (Lipinski definition) is 0. The van der Waals surface area contributed by atoms with Crippen molar-refractivity contribution < 1.29 is 0 Å². The molecule has 1 aliphatic carbocycles. The average Bonchev–Trinajstić information content (AvgIpc) is 2.55. The molecule has 1 aliphatic heterocycles. The highest BCUT2D eigenvalue weighted by Crippen LogP contribution is 2.35. The lowest BCUT2D eigenvalue weighted by Crippen LogP contribution is -2.47. The molecular formula is C17H22N6. The van der Waals surface area contributed by atoms with Crippen molar-refractivity contribution in [3.63, 3.8) is 0 Å². The standard InChI is InChI=1S/C17H22N6/c1-13-5-6-16(21-20-13)22-7-9-23(10-8-22)17-11-15(18-12-19-17)14-3-2-4-14/h5-6,11-12,14H,2-4,7-10H2,1H3.